The molecule has 1 fully saturated rings. The largest absolute Gasteiger partial charge is 0.342 e. The number of nitrogens with one attached hydrogen (secondary N) is 1. The molecule has 4 heteroatoms. The Labute approximate surface area is 115 Å². The van der Waals surface area contributed by atoms with Crippen LogP contribution in [0.25, 0.3) is 0 Å². The number of aromatic nitrogens is 1. The average molecular weight is 267 g/mol. The van der Waals surface area contributed by atoms with E-state index in [-0.39, 0.29) is 0 Å². The average Bonchev–Trinajstić information content (AvgIpc) is 2.95. The second kappa shape index (κ2) is 6.02. The van der Waals surface area contributed by atoms with Crippen LogP contribution in [0.3, 0.4) is 0 Å². The Morgan fingerprint density at radius 3 is 2.94 bits per heavy atom. The molecule has 102 valence electrons. The maximum Gasteiger partial charge on any atom is 0.186 e. The third-order valence-electron chi connectivity index (χ3n) is 3.93. The standard InChI is InChI=1S/C14H25N3S/c1-5-12-8-7-10(3)17(12)14-16-9-13(18-14)11(4)15-6-2/h9-12,15H,5-8H2,1-4H3. The summed E-state index contributed by atoms with van der Waals surface area (Å²) >= 11 is 1.85. The van der Waals surface area contributed by atoms with Gasteiger partial charge in [0.2, 0.25) is 0 Å². The molecule has 18 heavy (non-hydrogen) atoms. The first-order valence-corrected chi connectivity index (χ1v) is 7.96. The maximum absolute atomic E-state index is 4.65. The van der Waals surface area contributed by atoms with Gasteiger partial charge in [-0.15, -0.1) is 11.3 Å². The second-order valence-electron chi connectivity index (χ2n) is 5.22. The van der Waals surface area contributed by atoms with Crippen LogP contribution >= 0.6 is 11.3 Å². The Balaban J connectivity index is 2.13. The third kappa shape index (κ3) is 2.69. The van der Waals surface area contributed by atoms with Gasteiger partial charge >= 0.3 is 0 Å². The molecule has 3 nitrogen and oxygen atoms in total. The van der Waals surface area contributed by atoms with Gasteiger partial charge < -0.3 is 10.2 Å². The van der Waals surface area contributed by atoms with Crippen LogP contribution in [-0.2, 0) is 0 Å². The van der Waals surface area contributed by atoms with Crippen molar-refractivity contribution in [2.24, 2.45) is 0 Å². The molecule has 1 aromatic rings. The lowest BCUT2D eigenvalue weighted by molar-refractivity contribution is 0.606. The molecule has 1 saturated heterocycles. The van der Waals surface area contributed by atoms with Gasteiger partial charge in [0.05, 0.1) is 0 Å². The van der Waals surface area contributed by atoms with Gasteiger partial charge in [-0.3, -0.25) is 0 Å². The zero-order valence-corrected chi connectivity index (χ0v) is 12.8. The zero-order chi connectivity index (χ0) is 13.1. The summed E-state index contributed by atoms with van der Waals surface area (Å²) in [6.45, 7) is 9.97. The highest BCUT2D eigenvalue weighted by Crippen LogP contribution is 2.35. The number of nitrogens with zero attached hydrogens (tertiary/aromatic N) is 2. The van der Waals surface area contributed by atoms with E-state index < -0.39 is 0 Å². The molecule has 3 atom stereocenters. The van der Waals surface area contributed by atoms with Gasteiger partial charge in [0.15, 0.2) is 5.13 Å². The molecule has 0 bridgehead atoms. The smallest absolute Gasteiger partial charge is 0.186 e. The minimum Gasteiger partial charge on any atom is -0.342 e. The molecule has 2 heterocycles. The van der Waals surface area contributed by atoms with E-state index in [0.29, 0.717) is 18.1 Å². The fourth-order valence-electron chi connectivity index (χ4n) is 2.82. The Hall–Kier alpha value is -0.610. The van der Waals surface area contributed by atoms with E-state index in [1.165, 1.54) is 29.3 Å². The number of hydrogen-bond acceptors (Lipinski definition) is 4. The van der Waals surface area contributed by atoms with E-state index in [1.807, 2.05) is 17.5 Å². The Morgan fingerprint density at radius 1 is 1.50 bits per heavy atom. The monoisotopic (exact) mass is 267 g/mol. The fourth-order valence-corrected chi connectivity index (χ4v) is 3.94. The SMILES string of the molecule is CCNC(C)c1cnc(N2C(C)CCC2CC)s1. The highest BCUT2D eigenvalue weighted by atomic mass is 32.1. The normalized spacial score (nSPS) is 25.7. The highest BCUT2D eigenvalue weighted by Gasteiger charge is 2.31. The number of thiazole rings is 1. The van der Waals surface area contributed by atoms with Gasteiger partial charge in [0, 0.05) is 29.2 Å². The molecular weight excluding hydrogens is 242 g/mol. The molecule has 0 amide bonds. The number of hydrogen-bond donors (Lipinski definition) is 1. The summed E-state index contributed by atoms with van der Waals surface area (Å²) in [6, 6.07) is 1.75. The van der Waals surface area contributed by atoms with Crippen molar-refractivity contribution in [1.29, 1.82) is 0 Å². The van der Waals surface area contributed by atoms with Crippen molar-refractivity contribution < 1.29 is 0 Å². The zero-order valence-electron chi connectivity index (χ0n) is 11.9. The molecule has 1 aliphatic rings. The fraction of sp³-hybridized carbons (Fsp3) is 0.786. The van der Waals surface area contributed by atoms with Gasteiger partial charge in [-0.2, -0.15) is 0 Å². The van der Waals surface area contributed by atoms with Crippen LogP contribution in [0.2, 0.25) is 0 Å². The maximum atomic E-state index is 4.65. The molecule has 0 saturated carbocycles. The molecule has 2 rings (SSSR count). The Kier molecular flexibility index (Phi) is 4.62. The van der Waals surface area contributed by atoms with E-state index >= 15 is 0 Å². The first kappa shape index (κ1) is 13.8. The molecule has 1 aromatic heterocycles. The molecule has 0 radical (unpaired) electrons. The van der Waals surface area contributed by atoms with Crippen molar-refractivity contribution in [3.63, 3.8) is 0 Å². The summed E-state index contributed by atoms with van der Waals surface area (Å²) in [4.78, 5) is 8.54. The van der Waals surface area contributed by atoms with Crippen LogP contribution in [-0.4, -0.2) is 23.6 Å². The Bertz CT molecular complexity index is 377. The first-order valence-electron chi connectivity index (χ1n) is 7.14. The lowest BCUT2D eigenvalue weighted by atomic mass is 10.2. The van der Waals surface area contributed by atoms with Crippen LogP contribution < -0.4 is 10.2 Å². The summed E-state index contributed by atoms with van der Waals surface area (Å²) < 4.78 is 0. The summed E-state index contributed by atoms with van der Waals surface area (Å²) in [6.07, 6.45) is 5.89. The van der Waals surface area contributed by atoms with E-state index in [0.717, 1.165) is 6.54 Å². The van der Waals surface area contributed by atoms with Crippen molar-refractivity contribution in [3.05, 3.63) is 11.1 Å². The lowest BCUT2D eigenvalue weighted by Crippen LogP contribution is -2.33. The van der Waals surface area contributed by atoms with Gasteiger partial charge in [0.25, 0.3) is 0 Å². The van der Waals surface area contributed by atoms with E-state index in [4.69, 9.17) is 0 Å². The van der Waals surface area contributed by atoms with Gasteiger partial charge in [-0.05, 0) is 39.7 Å². The summed E-state index contributed by atoms with van der Waals surface area (Å²) in [5, 5.41) is 4.67. The van der Waals surface area contributed by atoms with Crippen molar-refractivity contribution in [2.75, 3.05) is 11.4 Å². The van der Waals surface area contributed by atoms with Crippen LogP contribution in [0.5, 0.6) is 0 Å². The van der Waals surface area contributed by atoms with Crippen molar-refractivity contribution in [1.82, 2.24) is 10.3 Å². The quantitative estimate of drug-likeness (QED) is 0.884. The minimum absolute atomic E-state index is 0.416. The van der Waals surface area contributed by atoms with E-state index in [1.54, 1.807) is 0 Å². The third-order valence-corrected chi connectivity index (χ3v) is 5.12. The van der Waals surface area contributed by atoms with Crippen LogP contribution in [0.4, 0.5) is 5.13 Å². The predicted octanol–water partition coefficient (Wildman–Crippen LogP) is 3.58. The topological polar surface area (TPSA) is 28.2 Å². The molecule has 3 unspecified atom stereocenters. The first-order chi connectivity index (χ1) is 8.67. The van der Waals surface area contributed by atoms with Crippen LogP contribution in [0.15, 0.2) is 6.20 Å². The molecule has 0 aromatic carbocycles. The molecular formula is C14H25N3S. The summed E-state index contributed by atoms with van der Waals surface area (Å²) in [5.74, 6) is 0. The van der Waals surface area contributed by atoms with Gasteiger partial charge in [0.1, 0.15) is 0 Å². The highest BCUT2D eigenvalue weighted by molar-refractivity contribution is 7.15. The van der Waals surface area contributed by atoms with Crippen molar-refractivity contribution in [2.45, 2.75) is 65.1 Å². The Morgan fingerprint density at radius 2 is 2.28 bits per heavy atom. The van der Waals surface area contributed by atoms with Crippen molar-refractivity contribution in [3.8, 4) is 0 Å². The van der Waals surface area contributed by atoms with E-state index in [2.05, 4.69) is 42.9 Å². The van der Waals surface area contributed by atoms with Gasteiger partial charge in [-0.25, -0.2) is 4.98 Å². The van der Waals surface area contributed by atoms with Crippen LogP contribution in [0, 0.1) is 0 Å². The molecule has 1 aliphatic heterocycles. The van der Waals surface area contributed by atoms with Crippen LogP contribution in [0.1, 0.15) is 57.9 Å². The number of rotatable bonds is 5. The second-order valence-corrected chi connectivity index (χ2v) is 6.26. The lowest BCUT2D eigenvalue weighted by Gasteiger charge is -2.27. The van der Waals surface area contributed by atoms with Crippen molar-refractivity contribution >= 4 is 16.5 Å². The molecule has 0 aliphatic carbocycles. The molecule has 0 spiro atoms. The summed E-state index contributed by atoms with van der Waals surface area (Å²) in [5.41, 5.74) is 0. The minimum atomic E-state index is 0.416. The number of anilines is 1. The van der Waals surface area contributed by atoms with E-state index in [9.17, 15) is 0 Å². The van der Waals surface area contributed by atoms with Gasteiger partial charge in [-0.1, -0.05) is 13.8 Å². The predicted molar refractivity (Wildman–Crippen MR) is 79.5 cm³/mol. The summed E-state index contributed by atoms with van der Waals surface area (Å²) in [7, 11) is 0. The molecule has 1 N–H and O–H groups in total.